The summed E-state index contributed by atoms with van der Waals surface area (Å²) in [5.74, 6) is -0.350. The van der Waals surface area contributed by atoms with Crippen LogP contribution in [0.25, 0.3) is 0 Å². The van der Waals surface area contributed by atoms with Crippen LogP contribution in [0.1, 0.15) is 37.6 Å². The van der Waals surface area contributed by atoms with Gasteiger partial charge in [-0.3, -0.25) is 4.79 Å². The second kappa shape index (κ2) is 6.93. The molecule has 0 fully saturated rings. The molecule has 0 saturated heterocycles. The molecule has 1 rings (SSSR count). The molecule has 0 unspecified atom stereocenters. The monoisotopic (exact) mass is 278 g/mol. The molecular formula is C15H22N2O3. The molecule has 1 aromatic rings. The number of benzene rings is 1. The Morgan fingerprint density at radius 1 is 1.15 bits per heavy atom. The van der Waals surface area contributed by atoms with Crippen LogP contribution in [-0.2, 0) is 9.53 Å². The van der Waals surface area contributed by atoms with Crippen LogP contribution in [-0.4, -0.2) is 31.1 Å². The van der Waals surface area contributed by atoms with Gasteiger partial charge in [0.05, 0.1) is 12.7 Å². The van der Waals surface area contributed by atoms with Gasteiger partial charge in [-0.15, -0.1) is 0 Å². The van der Waals surface area contributed by atoms with E-state index in [1.54, 1.807) is 24.3 Å². The van der Waals surface area contributed by atoms with Crippen LogP contribution < -0.4 is 10.6 Å². The molecule has 0 saturated carbocycles. The van der Waals surface area contributed by atoms with Gasteiger partial charge in [0.25, 0.3) is 0 Å². The van der Waals surface area contributed by atoms with Gasteiger partial charge in [0, 0.05) is 24.2 Å². The van der Waals surface area contributed by atoms with Crippen LogP contribution in [0.2, 0.25) is 0 Å². The molecule has 1 amide bonds. The third-order valence-electron chi connectivity index (χ3n) is 2.50. The maximum Gasteiger partial charge on any atom is 0.337 e. The normalized spacial score (nSPS) is 10.8. The minimum atomic E-state index is -0.360. The van der Waals surface area contributed by atoms with E-state index in [9.17, 15) is 9.59 Å². The van der Waals surface area contributed by atoms with Gasteiger partial charge in [0.1, 0.15) is 0 Å². The lowest BCUT2D eigenvalue weighted by Gasteiger charge is -2.20. The molecule has 2 N–H and O–H groups in total. The molecular weight excluding hydrogens is 256 g/mol. The lowest BCUT2D eigenvalue weighted by atomic mass is 10.1. The smallest absolute Gasteiger partial charge is 0.337 e. The number of carbonyl (C=O) groups excluding carboxylic acids is 2. The second-order valence-corrected chi connectivity index (χ2v) is 5.54. The van der Waals surface area contributed by atoms with Crippen molar-refractivity contribution in [2.45, 2.75) is 32.7 Å². The van der Waals surface area contributed by atoms with E-state index >= 15 is 0 Å². The summed E-state index contributed by atoms with van der Waals surface area (Å²) in [6, 6.07) is 6.94. The zero-order chi connectivity index (χ0) is 15.2. The van der Waals surface area contributed by atoms with Crippen molar-refractivity contribution < 1.29 is 14.3 Å². The molecule has 0 radical (unpaired) electrons. The van der Waals surface area contributed by atoms with Gasteiger partial charge < -0.3 is 15.4 Å². The van der Waals surface area contributed by atoms with Crippen molar-refractivity contribution in [3.63, 3.8) is 0 Å². The third-order valence-corrected chi connectivity index (χ3v) is 2.50. The number of hydrogen-bond donors (Lipinski definition) is 2. The number of nitrogens with one attached hydrogen (secondary N) is 2. The van der Waals surface area contributed by atoms with Gasteiger partial charge in [-0.1, -0.05) is 0 Å². The van der Waals surface area contributed by atoms with Crippen LogP contribution in [0.3, 0.4) is 0 Å². The Morgan fingerprint density at radius 3 is 2.25 bits per heavy atom. The third kappa shape index (κ3) is 5.73. The highest BCUT2D eigenvalue weighted by Crippen LogP contribution is 2.10. The zero-order valence-corrected chi connectivity index (χ0v) is 12.4. The molecule has 0 bridgehead atoms. The molecule has 0 aliphatic carbocycles. The molecule has 1 aromatic carbocycles. The van der Waals surface area contributed by atoms with E-state index in [1.807, 2.05) is 20.8 Å². The number of amides is 1. The van der Waals surface area contributed by atoms with Crippen molar-refractivity contribution in [1.29, 1.82) is 0 Å². The standard InChI is InChI=1S/C15H22N2O3/c1-15(2,3)17-13(18)9-10-16-12-7-5-11(6-8-12)14(19)20-4/h5-8,16H,9-10H2,1-4H3,(H,17,18). The van der Waals surface area contributed by atoms with E-state index in [2.05, 4.69) is 15.4 Å². The van der Waals surface area contributed by atoms with Crippen LogP contribution in [0, 0.1) is 0 Å². The Labute approximate surface area is 119 Å². The first-order valence-corrected chi connectivity index (χ1v) is 6.55. The first-order chi connectivity index (χ1) is 9.31. The van der Waals surface area contributed by atoms with Gasteiger partial charge >= 0.3 is 5.97 Å². The zero-order valence-electron chi connectivity index (χ0n) is 12.4. The number of methoxy groups -OCH3 is 1. The molecule has 0 atom stereocenters. The minimum Gasteiger partial charge on any atom is -0.465 e. The summed E-state index contributed by atoms with van der Waals surface area (Å²) in [6.07, 6.45) is 0.399. The van der Waals surface area contributed by atoms with Crippen molar-refractivity contribution in [1.82, 2.24) is 5.32 Å². The number of carbonyl (C=O) groups is 2. The first kappa shape index (κ1) is 16.0. The number of esters is 1. The highest BCUT2D eigenvalue weighted by molar-refractivity contribution is 5.89. The topological polar surface area (TPSA) is 67.4 Å². The minimum absolute atomic E-state index is 0.0104. The van der Waals surface area contributed by atoms with Crippen molar-refractivity contribution in [2.75, 3.05) is 19.0 Å². The average Bonchev–Trinajstić information content (AvgIpc) is 2.36. The number of hydrogen-bond acceptors (Lipinski definition) is 4. The summed E-state index contributed by atoms with van der Waals surface area (Å²) >= 11 is 0. The molecule has 20 heavy (non-hydrogen) atoms. The van der Waals surface area contributed by atoms with E-state index in [0.29, 0.717) is 18.5 Å². The van der Waals surface area contributed by atoms with Crippen molar-refractivity contribution in [3.8, 4) is 0 Å². The fraction of sp³-hybridized carbons (Fsp3) is 0.467. The predicted molar refractivity (Wildman–Crippen MR) is 78.8 cm³/mol. The molecule has 5 nitrogen and oxygen atoms in total. The van der Waals surface area contributed by atoms with Crippen LogP contribution in [0.5, 0.6) is 0 Å². The first-order valence-electron chi connectivity index (χ1n) is 6.55. The van der Waals surface area contributed by atoms with Crippen LogP contribution >= 0.6 is 0 Å². The summed E-state index contributed by atoms with van der Waals surface area (Å²) in [6.45, 7) is 6.39. The Balaban J connectivity index is 2.39. The molecule has 0 aromatic heterocycles. The fourth-order valence-corrected chi connectivity index (χ4v) is 1.64. The van der Waals surface area contributed by atoms with Gasteiger partial charge in [0.15, 0.2) is 0 Å². The summed E-state index contributed by atoms with van der Waals surface area (Å²) in [4.78, 5) is 22.9. The molecule has 0 spiro atoms. The van der Waals surface area contributed by atoms with Crippen LogP contribution in [0.4, 0.5) is 5.69 Å². The predicted octanol–water partition coefficient (Wildman–Crippen LogP) is 2.19. The van der Waals surface area contributed by atoms with Crippen molar-refractivity contribution >= 4 is 17.6 Å². The molecule has 0 aliphatic heterocycles. The van der Waals surface area contributed by atoms with Gasteiger partial charge in [-0.2, -0.15) is 0 Å². The molecule has 0 heterocycles. The molecule has 110 valence electrons. The average molecular weight is 278 g/mol. The fourth-order valence-electron chi connectivity index (χ4n) is 1.64. The summed E-state index contributed by atoms with van der Waals surface area (Å²) < 4.78 is 4.62. The molecule has 0 aliphatic rings. The lowest BCUT2D eigenvalue weighted by molar-refractivity contribution is -0.122. The Kier molecular flexibility index (Phi) is 5.55. The van der Waals surface area contributed by atoms with Crippen LogP contribution in [0.15, 0.2) is 24.3 Å². The quantitative estimate of drug-likeness (QED) is 0.810. The number of ether oxygens (including phenoxy) is 1. The van der Waals surface area contributed by atoms with E-state index in [4.69, 9.17) is 0 Å². The van der Waals surface area contributed by atoms with Crippen molar-refractivity contribution in [3.05, 3.63) is 29.8 Å². The number of anilines is 1. The SMILES string of the molecule is COC(=O)c1ccc(NCCC(=O)NC(C)(C)C)cc1. The van der Waals surface area contributed by atoms with E-state index < -0.39 is 0 Å². The highest BCUT2D eigenvalue weighted by Gasteiger charge is 2.12. The Morgan fingerprint density at radius 2 is 1.75 bits per heavy atom. The largest absolute Gasteiger partial charge is 0.465 e. The van der Waals surface area contributed by atoms with E-state index in [-0.39, 0.29) is 17.4 Å². The van der Waals surface area contributed by atoms with E-state index in [0.717, 1.165) is 5.69 Å². The maximum absolute atomic E-state index is 11.6. The Bertz CT molecular complexity index is 461. The lowest BCUT2D eigenvalue weighted by Crippen LogP contribution is -2.41. The van der Waals surface area contributed by atoms with Gasteiger partial charge in [-0.05, 0) is 45.0 Å². The summed E-state index contributed by atoms with van der Waals surface area (Å²) in [5, 5.41) is 6.03. The van der Waals surface area contributed by atoms with Crippen molar-refractivity contribution in [2.24, 2.45) is 0 Å². The highest BCUT2D eigenvalue weighted by atomic mass is 16.5. The summed E-state index contributed by atoms with van der Waals surface area (Å²) in [7, 11) is 1.35. The second-order valence-electron chi connectivity index (χ2n) is 5.54. The van der Waals surface area contributed by atoms with E-state index in [1.165, 1.54) is 7.11 Å². The van der Waals surface area contributed by atoms with Gasteiger partial charge in [-0.25, -0.2) is 4.79 Å². The summed E-state index contributed by atoms with van der Waals surface area (Å²) in [5.41, 5.74) is 1.16. The number of rotatable bonds is 5. The van der Waals surface area contributed by atoms with Gasteiger partial charge in [0.2, 0.25) is 5.91 Å². The Hall–Kier alpha value is -2.04. The maximum atomic E-state index is 11.6. The molecule has 5 heteroatoms.